The van der Waals surface area contributed by atoms with E-state index in [9.17, 15) is 4.79 Å². The minimum absolute atomic E-state index is 0.00773. The van der Waals surface area contributed by atoms with Gasteiger partial charge < -0.3 is 9.88 Å². The molecule has 0 saturated heterocycles. The molecule has 0 aliphatic rings. The summed E-state index contributed by atoms with van der Waals surface area (Å²) in [5, 5.41) is 13.8. The van der Waals surface area contributed by atoms with Crippen molar-refractivity contribution in [2.45, 2.75) is 33.2 Å². The SMILES string of the molecule is CC(C)CCNC(=O)CNC(C)c1nncn1C. The second-order valence-corrected chi connectivity index (χ2v) is 4.94. The molecule has 1 atom stereocenters. The molecule has 1 heterocycles. The van der Waals surface area contributed by atoms with E-state index in [0.29, 0.717) is 12.5 Å². The standard InChI is InChI=1S/C12H23N5O/c1-9(2)5-6-13-11(18)7-14-10(3)12-16-15-8-17(12)4/h8-10,14H,5-7H2,1-4H3,(H,13,18). The zero-order valence-electron chi connectivity index (χ0n) is 11.6. The Morgan fingerprint density at radius 1 is 1.44 bits per heavy atom. The lowest BCUT2D eigenvalue weighted by Gasteiger charge is -2.13. The molecule has 0 aliphatic carbocycles. The Morgan fingerprint density at radius 2 is 2.17 bits per heavy atom. The largest absolute Gasteiger partial charge is 0.355 e. The van der Waals surface area contributed by atoms with Crippen LogP contribution in [0.3, 0.4) is 0 Å². The summed E-state index contributed by atoms with van der Waals surface area (Å²) in [7, 11) is 1.89. The van der Waals surface area contributed by atoms with Gasteiger partial charge in [-0.2, -0.15) is 0 Å². The fraction of sp³-hybridized carbons (Fsp3) is 0.750. The van der Waals surface area contributed by atoms with E-state index < -0.39 is 0 Å². The number of carbonyl (C=O) groups is 1. The number of aryl methyl sites for hydroxylation is 1. The van der Waals surface area contributed by atoms with Gasteiger partial charge in [-0.05, 0) is 19.3 Å². The maximum absolute atomic E-state index is 11.6. The second kappa shape index (κ2) is 7.10. The monoisotopic (exact) mass is 253 g/mol. The fourth-order valence-corrected chi connectivity index (χ4v) is 1.58. The van der Waals surface area contributed by atoms with Crippen molar-refractivity contribution in [2.75, 3.05) is 13.1 Å². The van der Waals surface area contributed by atoms with Crippen LogP contribution in [0.5, 0.6) is 0 Å². The smallest absolute Gasteiger partial charge is 0.233 e. The van der Waals surface area contributed by atoms with Crippen LogP contribution in [-0.2, 0) is 11.8 Å². The van der Waals surface area contributed by atoms with E-state index in [-0.39, 0.29) is 11.9 Å². The molecule has 0 aromatic carbocycles. The Hall–Kier alpha value is -1.43. The molecule has 18 heavy (non-hydrogen) atoms. The zero-order chi connectivity index (χ0) is 13.5. The first-order valence-electron chi connectivity index (χ1n) is 6.34. The summed E-state index contributed by atoms with van der Waals surface area (Å²) in [4.78, 5) is 11.6. The van der Waals surface area contributed by atoms with Crippen LogP contribution < -0.4 is 10.6 Å². The topological polar surface area (TPSA) is 71.8 Å². The van der Waals surface area contributed by atoms with E-state index >= 15 is 0 Å². The molecular formula is C12H23N5O. The van der Waals surface area contributed by atoms with E-state index in [4.69, 9.17) is 0 Å². The van der Waals surface area contributed by atoms with Gasteiger partial charge in [0.2, 0.25) is 5.91 Å². The third-order valence-electron chi connectivity index (χ3n) is 2.75. The Labute approximate surface area is 108 Å². The summed E-state index contributed by atoms with van der Waals surface area (Å²) >= 11 is 0. The van der Waals surface area contributed by atoms with Gasteiger partial charge in [-0.15, -0.1) is 10.2 Å². The fourth-order valence-electron chi connectivity index (χ4n) is 1.58. The molecule has 102 valence electrons. The molecule has 0 fully saturated rings. The highest BCUT2D eigenvalue weighted by Crippen LogP contribution is 2.05. The van der Waals surface area contributed by atoms with Crippen LogP contribution in [0.1, 0.15) is 39.1 Å². The summed E-state index contributed by atoms with van der Waals surface area (Å²) < 4.78 is 1.84. The molecule has 1 aromatic rings. The van der Waals surface area contributed by atoms with Gasteiger partial charge in [-0.1, -0.05) is 13.8 Å². The highest BCUT2D eigenvalue weighted by atomic mass is 16.1. The number of nitrogens with one attached hydrogen (secondary N) is 2. The molecule has 6 nitrogen and oxygen atoms in total. The highest BCUT2D eigenvalue weighted by molar-refractivity contribution is 5.77. The van der Waals surface area contributed by atoms with Gasteiger partial charge in [-0.25, -0.2) is 0 Å². The molecule has 0 radical (unpaired) electrons. The predicted molar refractivity (Wildman–Crippen MR) is 69.9 cm³/mol. The molecule has 1 rings (SSSR count). The summed E-state index contributed by atoms with van der Waals surface area (Å²) in [6, 6.07) is 0.00773. The van der Waals surface area contributed by atoms with Gasteiger partial charge in [0.15, 0.2) is 0 Å². The second-order valence-electron chi connectivity index (χ2n) is 4.94. The van der Waals surface area contributed by atoms with E-state index in [1.54, 1.807) is 6.33 Å². The van der Waals surface area contributed by atoms with Crippen molar-refractivity contribution in [3.8, 4) is 0 Å². The Kier molecular flexibility index (Phi) is 5.77. The van der Waals surface area contributed by atoms with Crippen molar-refractivity contribution in [3.63, 3.8) is 0 Å². The molecular weight excluding hydrogens is 230 g/mol. The summed E-state index contributed by atoms with van der Waals surface area (Å²) in [5.41, 5.74) is 0. The number of nitrogens with zero attached hydrogens (tertiary/aromatic N) is 3. The van der Waals surface area contributed by atoms with Crippen molar-refractivity contribution in [1.29, 1.82) is 0 Å². The Morgan fingerprint density at radius 3 is 2.72 bits per heavy atom. The lowest BCUT2D eigenvalue weighted by molar-refractivity contribution is -0.120. The summed E-state index contributed by atoms with van der Waals surface area (Å²) in [5.74, 6) is 1.45. The summed E-state index contributed by atoms with van der Waals surface area (Å²) in [6.45, 7) is 7.27. The number of aromatic nitrogens is 3. The van der Waals surface area contributed by atoms with Crippen LogP contribution >= 0.6 is 0 Å². The third kappa shape index (κ3) is 4.83. The van der Waals surface area contributed by atoms with Gasteiger partial charge in [0.05, 0.1) is 12.6 Å². The Bertz CT molecular complexity index is 374. The van der Waals surface area contributed by atoms with E-state index in [2.05, 4.69) is 34.7 Å². The molecule has 2 N–H and O–H groups in total. The molecule has 6 heteroatoms. The van der Waals surface area contributed by atoms with Crippen LogP contribution in [0.2, 0.25) is 0 Å². The number of amides is 1. The third-order valence-corrected chi connectivity index (χ3v) is 2.75. The number of hydrogen-bond donors (Lipinski definition) is 2. The normalized spacial score (nSPS) is 12.7. The lowest BCUT2D eigenvalue weighted by atomic mass is 10.1. The van der Waals surface area contributed by atoms with Gasteiger partial charge in [0.25, 0.3) is 0 Å². The van der Waals surface area contributed by atoms with Crippen molar-refractivity contribution in [2.24, 2.45) is 13.0 Å². The van der Waals surface area contributed by atoms with Gasteiger partial charge in [0.1, 0.15) is 12.2 Å². The molecule has 0 spiro atoms. The van der Waals surface area contributed by atoms with Crippen LogP contribution in [0.4, 0.5) is 0 Å². The van der Waals surface area contributed by atoms with Crippen molar-refractivity contribution in [1.82, 2.24) is 25.4 Å². The highest BCUT2D eigenvalue weighted by Gasteiger charge is 2.12. The average Bonchev–Trinajstić information content (AvgIpc) is 2.72. The minimum Gasteiger partial charge on any atom is -0.355 e. The Balaban J connectivity index is 2.24. The van der Waals surface area contributed by atoms with Crippen LogP contribution in [0, 0.1) is 5.92 Å². The first-order valence-corrected chi connectivity index (χ1v) is 6.34. The lowest BCUT2D eigenvalue weighted by Crippen LogP contribution is -2.36. The van der Waals surface area contributed by atoms with Gasteiger partial charge >= 0.3 is 0 Å². The summed E-state index contributed by atoms with van der Waals surface area (Å²) in [6.07, 6.45) is 2.65. The molecule has 0 saturated carbocycles. The number of hydrogen-bond acceptors (Lipinski definition) is 4. The van der Waals surface area contributed by atoms with Crippen LogP contribution in [0.25, 0.3) is 0 Å². The molecule has 1 unspecified atom stereocenters. The average molecular weight is 253 g/mol. The first kappa shape index (κ1) is 14.6. The van der Waals surface area contributed by atoms with Crippen LogP contribution in [0.15, 0.2) is 6.33 Å². The molecule has 0 bridgehead atoms. The van der Waals surface area contributed by atoms with Crippen molar-refractivity contribution in [3.05, 3.63) is 12.2 Å². The quantitative estimate of drug-likeness (QED) is 0.747. The number of carbonyl (C=O) groups excluding carboxylic acids is 1. The minimum atomic E-state index is 0.00773. The van der Waals surface area contributed by atoms with E-state index in [1.807, 2.05) is 18.5 Å². The van der Waals surface area contributed by atoms with Gasteiger partial charge in [0, 0.05) is 13.6 Å². The van der Waals surface area contributed by atoms with Gasteiger partial charge in [-0.3, -0.25) is 10.1 Å². The van der Waals surface area contributed by atoms with E-state index in [0.717, 1.165) is 18.8 Å². The molecule has 1 aromatic heterocycles. The maximum atomic E-state index is 11.6. The molecule has 0 aliphatic heterocycles. The maximum Gasteiger partial charge on any atom is 0.233 e. The predicted octanol–water partition coefficient (Wildman–Crippen LogP) is 0.628. The molecule has 1 amide bonds. The first-order chi connectivity index (χ1) is 8.50. The van der Waals surface area contributed by atoms with Crippen molar-refractivity contribution >= 4 is 5.91 Å². The zero-order valence-corrected chi connectivity index (χ0v) is 11.6. The van der Waals surface area contributed by atoms with E-state index in [1.165, 1.54) is 0 Å². The van der Waals surface area contributed by atoms with Crippen molar-refractivity contribution < 1.29 is 4.79 Å². The number of rotatable bonds is 7. The van der Waals surface area contributed by atoms with Crippen LogP contribution in [-0.4, -0.2) is 33.8 Å².